The standard InChI is InChI=1S/C6H6O2.C6H6OS.Sb/c2*7-5-3-1-2-4-6(5)8;/h2*1-4,7-8H;/q;;+4/p-4. The third-order valence-electron chi connectivity index (χ3n) is 2.54. The van der Waals surface area contributed by atoms with Gasteiger partial charge in [0.1, 0.15) is 0 Å². The van der Waals surface area contributed by atoms with Crippen molar-refractivity contribution in [2.45, 2.75) is 4.90 Å². The summed E-state index contributed by atoms with van der Waals surface area (Å²) in [6.07, 6.45) is 0. The van der Waals surface area contributed by atoms with Gasteiger partial charge in [0, 0.05) is 0 Å². The normalized spacial score (nSPS) is 17.9. The van der Waals surface area contributed by atoms with Gasteiger partial charge in [-0.1, -0.05) is 0 Å². The first-order valence-electron chi connectivity index (χ1n) is 5.20. The number of benzene rings is 2. The average Bonchev–Trinajstić information content (AvgIpc) is 2.87. The Hall–Kier alpha value is -0.992. The molecule has 5 heteroatoms. The number of hydrogen-bond acceptors (Lipinski definition) is 4. The number of para-hydroxylation sites is 3. The molecule has 85 valence electrons. The predicted octanol–water partition coefficient (Wildman–Crippen LogP) is 3.08. The Balaban J connectivity index is 1.72. The van der Waals surface area contributed by atoms with Crippen LogP contribution in [0.3, 0.4) is 0 Å². The third kappa shape index (κ3) is 1.51. The molecule has 2 aromatic carbocycles. The van der Waals surface area contributed by atoms with E-state index in [1.807, 2.05) is 48.5 Å². The molecule has 0 amide bonds. The van der Waals surface area contributed by atoms with Crippen LogP contribution in [-0.2, 0) is 0 Å². The van der Waals surface area contributed by atoms with E-state index in [2.05, 4.69) is 0 Å². The summed E-state index contributed by atoms with van der Waals surface area (Å²) >= 11 is -3.36. The first-order valence-corrected chi connectivity index (χ1v) is 12.2. The minimum atomic E-state index is -3.36. The molecule has 17 heavy (non-hydrogen) atoms. The zero-order chi connectivity index (χ0) is 11.3. The van der Waals surface area contributed by atoms with Gasteiger partial charge in [-0.3, -0.25) is 0 Å². The molecule has 0 saturated heterocycles. The fourth-order valence-corrected chi connectivity index (χ4v) is 12.3. The summed E-state index contributed by atoms with van der Waals surface area (Å²) in [4.78, 5) is 1.12. The molecular weight excluding hydrogens is 346 g/mol. The van der Waals surface area contributed by atoms with E-state index in [-0.39, 0.29) is 0 Å². The van der Waals surface area contributed by atoms with Crippen LogP contribution in [0.4, 0.5) is 0 Å². The molecule has 1 spiro atoms. The van der Waals surface area contributed by atoms with Crippen LogP contribution >= 0.6 is 8.85 Å². The molecule has 2 aliphatic rings. The van der Waals surface area contributed by atoms with Gasteiger partial charge in [-0.15, -0.1) is 0 Å². The second kappa shape index (κ2) is 3.50. The summed E-state index contributed by atoms with van der Waals surface area (Å²) in [6, 6.07) is 15.7. The number of rotatable bonds is 0. The minimum absolute atomic E-state index is 0.804. The van der Waals surface area contributed by atoms with Crippen molar-refractivity contribution in [1.29, 1.82) is 0 Å². The summed E-state index contributed by atoms with van der Waals surface area (Å²) < 4.78 is 17.9. The van der Waals surface area contributed by atoms with Crippen LogP contribution in [0.15, 0.2) is 53.4 Å². The van der Waals surface area contributed by atoms with Gasteiger partial charge in [-0.2, -0.15) is 0 Å². The molecule has 4 rings (SSSR count). The molecule has 2 aromatic rings. The van der Waals surface area contributed by atoms with Gasteiger partial charge >= 0.3 is 107 Å². The van der Waals surface area contributed by atoms with Crippen molar-refractivity contribution in [2.75, 3.05) is 0 Å². The van der Waals surface area contributed by atoms with Gasteiger partial charge in [-0.25, -0.2) is 0 Å². The fourth-order valence-electron chi connectivity index (χ4n) is 1.80. The van der Waals surface area contributed by atoms with E-state index in [9.17, 15) is 0 Å². The topological polar surface area (TPSA) is 27.7 Å². The van der Waals surface area contributed by atoms with E-state index in [1.54, 1.807) is 8.85 Å². The van der Waals surface area contributed by atoms with Crippen LogP contribution in [0.25, 0.3) is 0 Å². The van der Waals surface area contributed by atoms with E-state index in [1.165, 1.54) is 0 Å². The third-order valence-corrected chi connectivity index (χ3v) is 12.0. The van der Waals surface area contributed by atoms with E-state index in [4.69, 9.17) is 9.05 Å². The summed E-state index contributed by atoms with van der Waals surface area (Å²) in [5.74, 6) is 2.49. The van der Waals surface area contributed by atoms with Crippen LogP contribution in [0, 0.1) is 0 Å². The van der Waals surface area contributed by atoms with E-state index in [0.29, 0.717) is 0 Å². The Kier molecular flexibility index (Phi) is 2.05. The van der Waals surface area contributed by atoms with Crippen molar-refractivity contribution >= 4 is 27.5 Å². The zero-order valence-corrected chi connectivity index (χ0v) is 12.1. The Morgan fingerprint density at radius 2 is 1.24 bits per heavy atom. The quantitative estimate of drug-likeness (QED) is 0.680. The van der Waals surface area contributed by atoms with E-state index < -0.39 is 18.7 Å². The monoisotopic (exact) mass is 353 g/mol. The van der Waals surface area contributed by atoms with Gasteiger partial charge in [0.25, 0.3) is 0 Å². The van der Waals surface area contributed by atoms with Crippen LogP contribution < -0.4 is 9.05 Å². The van der Waals surface area contributed by atoms with Crippen molar-refractivity contribution in [2.24, 2.45) is 0 Å². The maximum atomic E-state index is 5.96. The molecule has 0 aromatic heterocycles. The van der Waals surface area contributed by atoms with Crippen molar-refractivity contribution in [3.05, 3.63) is 48.5 Å². The van der Waals surface area contributed by atoms with Gasteiger partial charge in [0.2, 0.25) is 0 Å². The second-order valence-corrected chi connectivity index (χ2v) is 13.0. The molecule has 0 atom stereocenters. The molecule has 0 N–H and O–H groups in total. The summed E-state index contributed by atoms with van der Waals surface area (Å²) in [5.41, 5.74) is 0. The maximum absolute atomic E-state index is 5.96. The summed E-state index contributed by atoms with van der Waals surface area (Å²) in [6.45, 7) is 0. The second-order valence-electron chi connectivity index (χ2n) is 3.71. The van der Waals surface area contributed by atoms with Crippen molar-refractivity contribution in [1.82, 2.24) is 0 Å². The summed E-state index contributed by atoms with van der Waals surface area (Å²) in [5, 5.41) is 0. The van der Waals surface area contributed by atoms with Crippen molar-refractivity contribution in [3.8, 4) is 17.2 Å². The Morgan fingerprint density at radius 1 is 0.706 bits per heavy atom. The van der Waals surface area contributed by atoms with Crippen LogP contribution in [-0.4, -0.2) is 18.7 Å². The molecule has 0 saturated carbocycles. The number of fused-ring (bicyclic) bond motifs is 2. The Bertz CT molecular complexity index is 495. The number of hydrogen-bond donors (Lipinski definition) is 0. The molecule has 2 aliphatic heterocycles. The molecule has 3 nitrogen and oxygen atoms in total. The van der Waals surface area contributed by atoms with Gasteiger partial charge in [0.15, 0.2) is 0 Å². The molecule has 0 bridgehead atoms. The van der Waals surface area contributed by atoms with Crippen molar-refractivity contribution in [3.63, 3.8) is 0 Å². The van der Waals surface area contributed by atoms with Gasteiger partial charge in [0.05, 0.1) is 0 Å². The van der Waals surface area contributed by atoms with Crippen LogP contribution in [0.1, 0.15) is 0 Å². The van der Waals surface area contributed by atoms with Crippen LogP contribution in [0.2, 0.25) is 0 Å². The van der Waals surface area contributed by atoms with E-state index >= 15 is 0 Å². The molecule has 0 aliphatic carbocycles. The molecular formula is C12H8O3SSb. The van der Waals surface area contributed by atoms with Crippen LogP contribution in [0.5, 0.6) is 17.2 Å². The molecule has 0 fully saturated rings. The zero-order valence-electron chi connectivity index (χ0n) is 8.70. The SMILES string of the molecule is c1ccc2c(c1)[O][Sb]1([O]2)[O]c2ccccc2[S]1. The molecule has 0 unspecified atom stereocenters. The van der Waals surface area contributed by atoms with E-state index in [0.717, 1.165) is 22.1 Å². The molecule has 2 heterocycles. The first kappa shape index (κ1) is 9.98. The predicted molar refractivity (Wildman–Crippen MR) is 66.4 cm³/mol. The first-order chi connectivity index (χ1) is 8.35. The molecule has 1 radical (unpaired) electrons. The Labute approximate surface area is 107 Å². The average molecular weight is 354 g/mol. The van der Waals surface area contributed by atoms with Gasteiger partial charge in [-0.05, 0) is 0 Å². The van der Waals surface area contributed by atoms with Crippen molar-refractivity contribution < 1.29 is 9.05 Å². The Morgan fingerprint density at radius 3 is 1.88 bits per heavy atom. The van der Waals surface area contributed by atoms with Gasteiger partial charge < -0.3 is 0 Å². The fraction of sp³-hybridized carbons (Fsp3) is 0. The summed E-state index contributed by atoms with van der Waals surface area (Å²) in [7, 11) is 1.64.